The number of nitrogens with one attached hydrogen (secondary N) is 1. The summed E-state index contributed by atoms with van der Waals surface area (Å²) >= 11 is 5.96. The van der Waals surface area contributed by atoms with Crippen LogP contribution in [0, 0.1) is 6.92 Å². The largest absolute Gasteiger partial charge is 0.397 e. The van der Waals surface area contributed by atoms with Crippen LogP contribution < -0.4 is 16.0 Å². The highest BCUT2D eigenvalue weighted by atomic mass is 35.5. The van der Waals surface area contributed by atoms with Crippen LogP contribution in [0.4, 0.5) is 17.1 Å². The number of nitrogens with zero attached hydrogens (tertiary/aromatic N) is 1. The molecule has 0 unspecified atom stereocenters. The van der Waals surface area contributed by atoms with Crippen LogP contribution in [0.3, 0.4) is 0 Å². The summed E-state index contributed by atoms with van der Waals surface area (Å²) in [4.78, 5) is 14.8. The molecule has 2 aromatic rings. The van der Waals surface area contributed by atoms with Gasteiger partial charge < -0.3 is 16.0 Å². The van der Waals surface area contributed by atoms with Crippen molar-refractivity contribution in [2.75, 3.05) is 29.0 Å². The molecule has 0 atom stereocenters. The Balaban J connectivity index is 1.86. The Morgan fingerprint density at radius 2 is 1.92 bits per heavy atom. The highest BCUT2D eigenvalue weighted by molar-refractivity contribution is 6.31. The van der Waals surface area contributed by atoms with Crippen molar-refractivity contribution >= 4 is 34.6 Å². The van der Waals surface area contributed by atoms with E-state index < -0.39 is 0 Å². The maximum Gasteiger partial charge on any atom is 0.255 e. The molecule has 5 heteroatoms. The van der Waals surface area contributed by atoms with E-state index in [2.05, 4.69) is 17.1 Å². The van der Waals surface area contributed by atoms with Crippen LogP contribution in [-0.4, -0.2) is 19.0 Å². The fourth-order valence-corrected chi connectivity index (χ4v) is 3.32. The van der Waals surface area contributed by atoms with Crippen LogP contribution in [0.25, 0.3) is 0 Å². The lowest BCUT2D eigenvalue weighted by Gasteiger charge is -2.31. The summed E-state index contributed by atoms with van der Waals surface area (Å²) in [5, 5.41) is 3.45. The number of piperidine rings is 1. The van der Waals surface area contributed by atoms with Crippen LogP contribution in [0.1, 0.15) is 35.2 Å². The maximum absolute atomic E-state index is 12.5. The number of carbonyl (C=O) groups is 1. The zero-order valence-corrected chi connectivity index (χ0v) is 14.6. The summed E-state index contributed by atoms with van der Waals surface area (Å²) in [6, 6.07) is 10.8. The molecule has 0 bridgehead atoms. The van der Waals surface area contributed by atoms with E-state index in [1.807, 2.05) is 12.1 Å². The molecule has 3 N–H and O–H groups in total. The average molecular weight is 344 g/mol. The number of hydrogen-bond donors (Lipinski definition) is 2. The standard InChI is InChI=1S/C19H22ClN3O/c1-13-10-16(21)17(12-18(13)23-8-3-2-4-9-23)22-19(24)14-6-5-7-15(20)11-14/h5-7,10-12H,2-4,8-9,21H2,1H3,(H,22,24). The molecule has 0 aromatic heterocycles. The third-order valence-corrected chi connectivity index (χ3v) is 4.63. The normalized spacial score (nSPS) is 14.5. The van der Waals surface area contributed by atoms with Crippen LogP contribution in [0.15, 0.2) is 36.4 Å². The predicted octanol–water partition coefficient (Wildman–Crippen LogP) is 4.47. The van der Waals surface area contributed by atoms with Crippen LogP contribution in [0.2, 0.25) is 5.02 Å². The highest BCUT2D eigenvalue weighted by Gasteiger charge is 2.16. The van der Waals surface area contributed by atoms with E-state index in [0.717, 1.165) is 24.3 Å². The van der Waals surface area contributed by atoms with E-state index >= 15 is 0 Å². The first-order valence-corrected chi connectivity index (χ1v) is 8.64. The number of benzene rings is 2. The van der Waals surface area contributed by atoms with Crippen molar-refractivity contribution in [3.05, 3.63) is 52.5 Å². The Hall–Kier alpha value is -2.20. The third kappa shape index (κ3) is 3.65. The molecule has 126 valence electrons. The van der Waals surface area contributed by atoms with Crippen LogP contribution >= 0.6 is 11.6 Å². The Bertz CT molecular complexity index is 754. The number of aryl methyl sites for hydroxylation is 1. The maximum atomic E-state index is 12.5. The molecule has 1 fully saturated rings. The topological polar surface area (TPSA) is 58.4 Å². The van der Waals surface area contributed by atoms with Crippen molar-refractivity contribution in [1.82, 2.24) is 0 Å². The molecule has 1 saturated heterocycles. The van der Waals surface area contributed by atoms with Gasteiger partial charge in [-0.3, -0.25) is 4.79 Å². The zero-order valence-electron chi connectivity index (χ0n) is 13.8. The minimum atomic E-state index is -0.211. The molecule has 0 aliphatic carbocycles. The van der Waals surface area contributed by atoms with Gasteiger partial charge in [-0.1, -0.05) is 17.7 Å². The first-order valence-electron chi connectivity index (χ1n) is 8.26. The monoisotopic (exact) mass is 343 g/mol. The smallest absolute Gasteiger partial charge is 0.255 e. The van der Waals surface area contributed by atoms with E-state index in [9.17, 15) is 4.79 Å². The van der Waals surface area contributed by atoms with Gasteiger partial charge >= 0.3 is 0 Å². The van der Waals surface area contributed by atoms with Gasteiger partial charge in [0.2, 0.25) is 0 Å². The van der Waals surface area contributed by atoms with E-state index in [-0.39, 0.29) is 5.91 Å². The molecule has 0 spiro atoms. The van der Waals surface area contributed by atoms with Gasteiger partial charge in [0.05, 0.1) is 11.4 Å². The molecule has 2 aromatic carbocycles. The first kappa shape index (κ1) is 16.7. The first-order chi connectivity index (χ1) is 11.5. The van der Waals surface area contributed by atoms with E-state index in [1.165, 1.54) is 19.3 Å². The van der Waals surface area contributed by atoms with Crippen molar-refractivity contribution in [2.24, 2.45) is 0 Å². The minimum Gasteiger partial charge on any atom is -0.397 e. The number of nitrogen functional groups attached to an aromatic ring is 1. The molecule has 3 rings (SSSR count). The second-order valence-corrected chi connectivity index (χ2v) is 6.67. The van der Waals surface area contributed by atoms with Gasteiger partial charge in [0.1, 0.15) is 0 Å². The molecule has 24 heavy (non-hydrogen) atoms. The molecule has 1 heterocycles. The zero-order chi connectivity index (χ0) is 17.1. The minimum absolute atomic E-state index is 0.211. The number of rotatable bonds is 3. The average Bonchev–Trinajstić information content (AvgIpc) is 2.58. The number of anilines is 3. The fourth-order valence-electron chi connectivity index (χ4n) is 3.13. The quantitative estimate of drug-likeness (QED) is 0.808. The molecule has 1 amide bonds. The van der Waals surface area contributed by atoms with Gasteiger partial charge in [0, 0.05) is 29.4 Å². The van der Waals surface area contributed by atoms with Crippen molar-refractivity contribution < 1.29 is 4.79 Å². The number of halogens is 1. The molecule has 1 aliphatic rings. The molecular weight excluding hydrogens is 322 g/mol. The lowest BCUT2D eigenvalue weighted by atomic mass is 10.1. The molecule has 1 aliphatic heterocycles. The predicted molar refractivity (Wildman–Crippen MR) is 101 cm³/mol. The van der Waals surface area contributed by atoms with Gasteiger partial charge in [0.15, 0.2) is 0 Å². The second kappa shape index (κ2) is 7.14. The van der Waals surface area contributed by atoms with Crippen LogP contribution in [0.5, 0.6) is 0 Å². The summed E-state index contributed by atoms with van der Waals surface area (Å²) in [5.74, 6) is -0.211. The van der Waals surface area contributed by atoms with Gasteiger partial charge in [-0.2, -0.15) is 0 Å². The fraction of sp³-hybridized carbons (Fsp3) is 0.316. The number of carbonyl (C=O) groups excluding carboxylic acids is 1. The Morgan fingerprint density at radius 3 is 2.62 bits per heavy atom. The van der Waals surface area contributed by atoms with Gasteiger partial charge in [-0.15, -0.1) is 0 Å². The lowest BCUT2D eigenvalue weighted by molar-refractivity contribution is 0.102. The van der Waals surface area contributed by atoms with Crippen molar-refractivity contribution in [2.45, 2.75) is 26.2 Å². The molecule has 0 saturated carbocycles. The summed E-state index contributed by atoms with van der Waals surface area (Å²) in [6.07, 6.45) is 3.69. The number of nitrogens with two attached hydrogens (primary N) is 1. The SMILES string of the molecule is Cc1cc(N)c(NC(=O)c2cccc(Cl)c2)cc1N1CCCCC1. The molecule has 0 radical (unpaired) electrons. The summed E-state index contributed by atoms with van der Waals surface area (Å²) in [5.41, 5.74) is 10.1. The lowest BCUT2D eigenvalue weighted by Crippen LogP contribution is -2.30. The summed E-state index contributed by atoms with van der Waals surface area (Å²) in [7, 11) is 0. The van der Waals surface area contributed by atoms with Crippen molar-refractivity contribution in [3.8, 4) is 0 Å². The van der Waals surface area contributed by atoms with E-state index in [1.54, 1.807) is 24.3 Å². The number of hydrogen-bond acceptors (Lipinski definition) is 3. The van der Waals surface area contributed by atoms with E-state index in [0.29, 0.717) is 22.0 Å². The Labute approximate surface area is 147 Å². The van der Waals surface area contributed by atoms with Crippen LogP contribution in [-0.2, 0) is 0 Å². The second-order valence-electron chi connectivity index (χ2n) is 6.24. The Morgan fingerprint density at radius 1 is 1.17 bits per heavy atom. The highest BCUT2D eigenvalue weighted by Crippen LogP contribution is 2.31. The summed E-state index contributed by atoms with van der Waals surface area (Å²) in [6.45, 7) is 4.15. The Kier molecular flexibility index (Phi) is 4.95. The van der Waals surface area contributed by atoms with Gasteiger partial charge in [-0.25, -0.2) is 0 Å². The summed E-state index contributed by atoms with van der Waals surface area (Å²) < 4.78 is 0. The van der Waals surface area contributed by atoms with Gasteiger partial charge in [-0.05, 0) is 62.1 Å². The van der Waals surface area contributed by atoms with Gasteiger partial charge in [0.25, 0.3) is 5.91 Å². The molecule has 4 nitrogen and oxygen atoms in total. The number of amides is 1. The third-order valence-electron chi connectivity index (χ3n) is 4.40. The molecular formula is C19H22ClN3O. The van der Waals surface area contributed by atoms with E-state index in [4.69, 9.17) is 17.3 Å². The van der Waals surface area contributed by atoms with Crippen molar-refractivity contribution in [3.63, 3.8) is 0 Å². The van der Waals surface area contributed by atoms with Crippen molar-refractivity contribution in [1.29, 1.82) is 0 Å².